The summed E-state index contributed by atoms with van der Waals surface area (Å²) in [4.78, 5) is 15.5. The van der Waals surface area contributed by atoms with Gasteiger partial charge < -0.3 is 4.74 Å². The molecule has 1 heterocycles. The van der Waals surface area contributed by atoms with Crippen molar-refractivity contribution in [1.82, 2.24) is 0 Å². The monoisotopic (exact) mass is 219 g/mol. The van der Waals surface area contributed by atoms with Crippen LogP contribution in [-0.4, -0.2) is 35.0 Å². The number of nitrogens with zero attached hydrogens (tertiary/aromatic N) is 1. The van der Waals surface area contributed by atoms with Crippen LogP contribution in [0.15, 0.2) is 4.99 Å². The minimum absolute atomic E-state index is 0.123. The molecular formula is C8H13NO2S2. The Balaban J connectivity index is 2.41. The highest BCUT2D eigenvalue weighted by Gasteiger charge is 2.28. The summed E-state index contributed by atoms with van der Waals surface area (Å²) in [6.45, 7) is 2.47. The van der Waals surface area contributed by atoms with E-state index in [9.17, 15) is 4.79 Å². The molecule has 1 aliphatic heterocycles. The second-order valence-electron chi connectivity index (χ2n) is 2.55. The molecule has 0 fully saturated rings. The second kappa shape index (κ2) is 5.54. The molecule has 74 valence electrons. The lowest BCUT2D eigenvalue weighted by molar-refractivity contribution is -0.111. The third-order valence-electron chi connectivity index (χ3n) is 1.58. The summed E-state index contributed by atoms with van der Waals surface area (Å²) < 4.78 is 5.17. The van der Waals surface area contributed by atoms with E-state index in [1.165, 1.54) is 0 Å². The Morgan fingerprint density at radius 3 is 3.08 bits per heavy atom. The largest absolute Gasteiger partial charge is 0.473 e. The van der Waals surface area contributed by atoms with E-state index >= 15 is 0 Å². The zero-order valence-corrected chi connectivity index (χ0v) is 9.41. The van der Waals surface area contributed by atoms with Gasteiger partial charge in [0.05, 0.1) is 6.61 Å². The Labute approximate surface area is 86.7 Å². The van der Waals surface area contributed by atoms with Crippen LogP contribution in [0, 0.1) is 0 Å². The van der Waals surface area contributed by atoms with E-state index in [-0.39, 0.29) is 11.2 Å². The van der Waals surface area contributed by atoms with Gasteiger partial charge in [-0.1, -0.05) is 0 Å². The molecular weight excluding hydrogens is 206 g/mol. The number of hydrogen-bond acceptors (Lipinski definition) is 5. The summed E-state index contributed by atoms with van der Waals surface area (Å²) in [6, 6.07) is -0.168. The Bertz CT molecular complexity index is 218. The van der Waals surface area contributed by atoms with Gasteiger partial charge in [0.2, 0.25) is 5.12 Å². The van der Waals surface area contributed by atoms with Gasteiger partial charge in [-0.05, 0) is 25.4 Å². The highest BCUT2D eigenvalue weighted by molar-refractivity contribution is 8.26. The Morgan fingerprint density at radius 2 is 2.46 bits per heavy atom. The molecule has 0 amide bonds. The van der Waals surface area contributed by atoms with Crippen molar-refractivity contribution in [2.75, 3.05) is 18.6 Å². The van der Waals surface area contributed by atoms with Crippen LogP contribution in [0.5, 0.6) is 0 Å². The maximum absolute atomic E-state index is 11.3. The Morgan fingerprint density at radius 1 is 1.69 bits per heavy atom. The maximum atomic E-state index is 11.3. The predicted octanol–water partition coefficient (Wildman–Crippen LogP) is 1.77. The lowest BCUT2D eigenvalue weighted by atomic mass is 10.3. The molecule has 1 aliphatic rings. The van der Waals surface area contributed by atoms with Gasteiger partial charge in [-0.2, -0.15) is 11.8 Å². The third kappa shape index (κ3) is 3.23. The van der Waals surface area contributed by atoms with Crippen LogP contribution in [0.3, 0.4) is 0 Å². The van der Waals surface area contributed by atoms with Crippen molar-refractivity contribution in [3.8, 4) is 0 Å². The quantitative estimate of drug-likeness (QED) is 0.722. The molecule has 0 aromatic rings. The summed E-state index contributed by atoms with van der Waals surface area (Å²) in [5, 5.41) is 0.663. The van der Waals surface area contributed by atoms with Gasteiger partial charge in [-0.15, -0.1) is 0 Å². The minimum Gasteiger partial charge on any atom is -0.473 e. The van der Waals surface area contributed by atoms with Crippen molar-refractivity contribution in [2.24, 2.45) is 4.99 Å². The van der Waals surface area contributed by atoms with Gasteiger partial charge in [0, 0.05) is 11.8 Å². The standard InChI is InChI=1S/C8H13NO2S2/c1-3-11-8-9-6(4-5-12-2)7(10)13-8/h6H,3-5H2,1-2H3. The highest BCUT2D eigenvalue weighted by atomic mass is 32.2. The van der Waals surface area contributed by atoms with Crippen molar-refractivity contribution in [1.29, 1.82) is 0 Å². The average molecular weight is 219 g/mol. The van der Waals surface area contributed by atoms with Crippen LogP contribution < -0.4 is 0 Å². The molecule has 3 nitrogen and oxygen atoms in total. The van der Waals surface area contributed by atoms with E-state index in [4.69, 9.17) is 4.74 Å². The van der Waals surface area contributed by atoms with Crippen molar-refractivity contribution in [3.63, 3.8) is 0 Å². The number of aliphatic imine (C=N–C) groups is 1. The normalized spacial score (nSPS) is 21.8. The molecule has 0 aliphatic carbocycles. The van der Waals surface area contributed by atoms with E-state index in [1.807, 2.05) is 13.2 Å². The van der Waals surface area contributed by atoms with Gasteiger partial charge in [0.15, 0.2) is 0 Å². The summed E-state index contributed by atoms with van der Waals surface area (Å²) in [7, 11) is 0. The first-order chi connectivity index (χ1) is 6.27. The molecule has 0 aromatic carbocycles. The van der Waals surface area contributed by atoms with Gasteiger partial charge in [-0.25, -0.2) is 4.99 Å². The number of carbonyl (C=O) groups is 1. The van der Waals surface area contributed by atoms with E-state index in [0.717, 1.165) is 23.9 Å². The van der Waals surface area contributed by atoms with Crippen LogP contribution in [0.4, 0.5) is 0 Å². The molecule has 0 aromatic heterocycles. The molecule has 13 heavy (non-hydrogen) atoms. The fourth-order valence-electron chi connectivity index (χ4n) is 0.962. The molecule has 0 N–H and O–H groups in total. The smallest absolute Gasteiger partial charge is 0.254 e. The van der Waals surface area contributed by atoms with Gasteiger partial charge >= 0.3 is 0 Å². The summed E-state index contributed by atoms with van der Waals surface area (Å²) in [6.07, 6.45) is 2.85. The number of carbonyl (C=O) groups excluding carboxylic acids is 1. The first-order valence-corrected chi connectivity index (χ1v) is 6.40. The molecule has 1 unspecified atom stereocenters. The first kappa shape index (κ1) is 10.9. The van der Waals surface area contributed by atoms with Crippen LogP contribution in [0.1, 0.15) is 13.3 Å². The number of hydrogen-bond donors (Lipinski definition) is 0. The van der Waals surface area contributed by atoms with Crippen LogP contribution in [-0.2, 0) is 9.53 Å². The fourth-order valence-corrected chi connectivity index (χ4v) is 2.26. The molecule has 0 radical (unpaired) electrons. The van der Waals surface area contributed by atoms with Crippen molar-refractivity contribution in [2.45, 2.75) is 19.4 Å². The van der Waals surface area contributed by atoms with Gasteiger partial charge in [0.1, 0.15) is 6.04 Å². The summed E-state index contributed by atoms with van der Waals surface area (Å²) >= 11 is 2.86. The molecule has 5 heteroatoms. The SMILES string of the molecule is CCOC1=NC(CCSC)C(=O)S1. The lowest BCUT2D eigenvalue weighted by Gasteiger charge is -2.00. The zero-order valence-electron chi connectivity index (χ0n) is 7.78. The van der Waals surface area contributed by atoms with E-state index in [0.29, 0.717) is 11.8 Å². The number of rotatable bonds is 4. The molecule has 0 saturated heterocycles. The fraction of sp³-hybridized carbons (Fsp3) is 0.750. The topological polar surface area (TPSA) is 38.7 Å². The Hall–Kier alpha value is -0.160. The van der Waals surface area contributed by atoms with E-state index < -0.39 is 0 Å². The maximum Gasteiger partial charge on any atom is 0.254 e. The lowest BCUT2D eigenvalue weighted by Crippen LogP contribution is -2.11. The van der Waals surface area contributed by atoms with Crippen molar-refractivity contribution >= 4 is 33.9 Å². The van der Waals surface area contributed by atoms with Crippen molar-refractivity contribution in [3.05, 3.63) is 0 Å². The van der Waals surface area contributed by atoms with E-state index in [2.05, 4.69) is 4.99 Å². The Kier molecular flexibility index (Phi) is 4.66. The summed E-state index contributed by atoms with van der Waals surface area (Å²) in [5.74, 6) is 0.972. The van der Waals surface area contributed by atoms with Crippen molar-refractivity contribution < 1.29 is 9.53 Å². The van der Waals surface area contributed by atoms with Gasteiger partial charge in [-0.3, -0.25) is 4.79 Å². The van der Waals surface area contributed by atoms with Gasteiger partial charge in [0.25, 0.3) is 5.23 Å². The second-order valence-corrected chi connectivity index (χ2v) is 4.49. The van der Waals surface area contributed by atoms with Crippen LogP contribution in [0.25, 0.3) is 0 Å². The highest BCUT2D eigenvalue weighted by Crippen LogP contribution is 2.23. The molecule has 1 atom stereocenters. The first-order valence-electron chi connectivity index (χ1n) is 4.19. The molecule has 0 spiro atoms. The van der Waals surface area contributed by atoms with Crippen LogP contribution in [0.2, 0.25) is 0 Å². The third-order valence-corrected chi connectivity index (χ3v) is 3.10. The van der Waals surface area contributed by atoms with Crippen LogP contribution >= 0.6 is 23.5 Å². The zero-order chi connectivity index (χ0) is 9.68. The molecule has 0 bridgehead atoms. The molecule has 1 rings (SSSR count). The summed E-state index contributed by atoms with van der Waals surface area (Å²) in [5.41, 5.74) is 0. The number of thioether (sulfide) groups is 2. The number of ether oxygens (including phenoxy) is 1. The minimum atomic E-state index is -0.168. The predicted molar refractivity (Wildman–Crippen MR) is 58.4 cm³/mol. The average Bonchev–Trinajstić information content (AvgIpc) is 2.44. The molecule has 0 saturated carbocycles. The van der Waals surface area contributed by atoms with E-state index in [1.54, 1.807) is 11.8 Å².